The number of nitrogens with zero attached hydrogens (tertiary/aromatic N) is 2. The van der Waals surface area contributed by atoms with Gasteiger partial charge in [0.2, 0.25) is 0 Å². The lowest BCUT2D eigenvalue weighted by molar-refractivity contribution is -0.145. The minimum atomic E-state index is -3.17. The van der Waals surface area contributed by atoms with E-state index in [1.165, 1.54) is 9.80 Å². The first kappa shape index (κ1) is 19.9. The summed E-state index contributed by atoms with van der Waals surface area (Å²) in [6, 6.07) is 15.0. The van der Waals surface area contributed by atoms with Gasteiger partial charge in [-0.25, -0.2) is 8.42 Å². The highest BCUT2D eigenvalue weighted by Crippen LogP contribution is 2.27. The number of likely N-dealkylation sites (N-methyl/N-ethyl adjacent to an activating group) is 1. The molecule has 2 aromatic rings. The van der Waals surface area contributed by atoms with Gasteiger partial charge < -0.3 is 10.6 Å². The number of rotatable bonds is 4. The van der Waals surface area contributed by atoms with Crippen LogP contribution in [-0.2, 0) is 19.4 Å². The van der Waals surface area contributed by atoms with Crippen molar-refractivity contribution in [3.63, 3.8) is 0 Å². The number of nitrogens with two attached hydrogens (primary N) is 1. The van der Waals surface area contributed by atoms with E-state index >= 15 is 0 Å². The number of benzene rings is 2. The van der Waals surface area contributed by atoms with E-state index in [9.17, 15) is 18.0 Å². The fraction of sp³-hybridized carbons (Fsp3) is 0.300. The monoisotopic (exact) mass is 401 g/mol. The lowest BCUT2D eigenvalue weighted by Gasteiger charge is -2.29. The molecular weight excluding hydrogens is 378 g/mol. The summed E-state index contributed by atoms with van der Waals surface area (Å²) in [4.78, 5) is 28.9. The number of hydrogen-bond acceptors (Lipinski definition) is 5. The van der Waals surface area contributed by atoms with Crippen molar-refractivity contribution in [3.8, 4) is 0 Å². The number of anilines is 3. The first-order valence-corrected chi connectivity index (χ1v) is 10.9. The Morgan fingerprint density at radius 1 is 1.00 bits per heavy atom. The van der Waals surface area contributed by atoms with E-state index in [4.69, 9.17) is 5.73 Å². The van der Waals surface area contributed by atoms with Crippen LogP contribution < -0.4 is 10.6 Å². The highest BCUT2D eigenvalue weighted by atomic mass is 32.2. The summed E-state index contributed by atoms with van der Waals surface area (Å²) < 4.78 is 23.6. The Kier molecular flexibility index (Phi) is 5.69. The van der Waals surface area contributed by atoms with Crippen LogP contribution in [0.3, 0.4) is 0 Å². The molecule has 2 amide bonds. The van der Waals surface area contributed by atoms with E-state index in [1.807, 2.05) is 6.07 Å². The standard InChI is InChI=1S/C20H23N3O4S/c1-2-22(18-12-13-28(26,27)14-18)19(24)20(25)23(16-6-4-3-5-7-16)17-10-8-15(21)9-11-17/h3-11,18H,2,12-14,21H2,1H3. The van der Waals surface area contributed by atoms with E-state index < -0.39 is 27.7 Å². The molecular formula is C20H23N3O4S. The van der Waals surface area contributed by atoms with Crippen LogP contribution in [0.2, 0.25) is 0 Å². The summed E-state index contributed by atoms with van der Waals surface area (Å²) in [5.41, 5.74) is 7.34. The molecule has 3 rings (SSSR count). The maximum atomic E-state index is 13.2. The Morgan fingerprint density at radius 2 is 1.61 bits per heavy atom. The van der Waals surface area contributed by atoms with Gasteiger partial charge in [0.25, 0.3) is 0 Å². The Balaban J connectivity index is 1.94. The predicted molar refractivity (Wildman–Crippen MR) is 109 cm³/mol. The van der Waals surface area contributed by atoms with Gasteiger partial charge in [-0.05, 0) is 49.7 Å². The average molecular weight is 401 g/mol. The summed E-state index contributed by atoms with van der Waals surface area (Å²) >= 11 is 0. The van der Waals surface area contributed by atoms with Gasteiger partial charge in [-0.15, -0.1) is 0 Å². The molecule has 7 nitrogen and oxygen atoms in total. The number of sulfone groups is 1. The molecule has 148 valence electrons. The predicted octanol–water partition coefficient (Wildman–Crippen LogP) is 1.97. The van der Waals surface area contributed by atoms with Crippen LogP contribution in [0.5, 0.6) is 0 Å². The molecule has 0 saturated carbocycles. The van der Waals surface area contributed by atoms with Crippen LogP contribution in [0.15, 0.2) is 54.6 Å². The summed E-state index contributed by atoms with van der Waals surface area (Å²) in [6.07, 6.45) is 0.350. The van der Waals surface area contributed by atoms with Crippen molar-refractivity contribution in [1.82, 2.24) is 4.90 Å². The molecule has 28 heavy (non-hydrogen) atoms. The van der Waals surface area contributed by atoms with Crippen molar-refractivity contribution in [2.45, 2.75) is 19.4 Å². The maximum Gasteiger partial charge on any atom is 0.321 e. The minimum absolute atomic E-state index is 0.0377. The summed E-state index contributed by atoms with van der Waals surface area (Å²) in [5.74, 6) is -1.52. The number of carbonyl (C=O) groups excluding carboxylic acids is 2. The summed E-state index contributed by atoms with van der Waals surface area (Å²) in [7, 11) is -3.17. The molecule has 0 radical (unpaired) electrons. The molecule has 2 N–H and O–H groups in total. The molecule has 0 aromatic heterocycles. The third kappa shape index (κ3) is 4.17. The molecule has 8 heteroatoms. The maximum absolute atomic E-state index is 13.2. The Hall–Kier alpha value is -2.87. The van der Waals surface area contributed by atoms with Crippen LogP contribution in [0.4, 0.5) is 17.1 Å². The molecule has 0 aliphatic carbocycles. The van der Waals surface area contributed by atoms with E-state index in [0.717, 1.165) is 0 Å². The Morgan fingerprint density at radius 3 is 2.14 bits per heavy atom. The van der Waals surface area contributed by atoms with E-state index in [1.54, 1.807) is 55.5 Å². The van der Waals surface area contributed by atoms with Gasteiger partial charge in [0.15, 0.2) is 9.84 Å². The normalized spacial score (nSPS) is 17.8. The number of amides is 2. The lowest BCUT2D eigenvalue weighted by atomic mass is 10.2. The molecule has 1 heterocycles. The molecule has 1 aliphatic rings. The lowest BCUT2D eigenvalue weighted by Crippen LogP contribution is -2.48. The van der Waals surface area contributed by atoms with Crippen molar-refractivity contribution >= 4 is 38.7 Å². The van der Waals surface area contributed by atoms with E-state index in [2.05, 4.69) is 0 Å². The highest BCUT2D eigenvalue weighted by Gasteiger charge is 2.37. The van der Waals surface area contributed by atoms with Crippen LogP contribution in [0, 0.1) is 0 Å². The molecule has 0 spiro atoms. The molecule has 1 atom stereocenters. The molecule has 2 aromatic carbocycles. The zero-order chi connectivity index (χ0) is 20.3. The van der Waals surface area contributed by atoms with Crippen molar-refractivity contribution in [2.75, 3.05) is 28.7 Å². The zero-order valence-electron chi connectivity index (χ0n) is 15.6. The smallest absolute Gasteiger partial charge is 0.321 e. The third-order valence-electron chi connectivity index (χ3n) is 4.80. The average Bonchev–Trinajstić information content (AvgIpc) is 3.04. The van der Waals surface area contributed by atoms with Gasteiger partial charge >= 0.3 is 11.8 Å². The fourth-order valence-corrected chi connectivity index (χ4v) is 5.12. The number of hydrogen-bond donors (Lipinski definition) is 1. The molecule has 1 aliphatic heterocycles. The van der Waals surface area contributed by atoms with Crippen molar-refractivity contribution in [2.24, 2.45) is 0 Å². The molecule has 1 saturated heterocycles. The second kappa shape index (κ2) is 8.02. The first-order valence-electron chi connectivity index (χ1n) is 9.08. The number of carbonyl (C=O) groups is 2. The Labute approximate surface area is 164 Å². The number of nitrogen functional groups attached to an aromatic ring is 1. The van der Waals surface area contributed by atoms with Crippen LogP contribution in [0.1, 0.15) is 13.3 Å². The van der Waals surface area contributed by atoms with Gasteiger partial charge in [-0.1, -0.05) is 18.2 Å². The number of para-hydroxylation sites is 1. The van der Waals surface area contributed by atoms with E-state index in [0.29, 0.717) is 23.5 Å². The quantitative estimate of drug-likeness (QED) is 0.624. The van der Waals surface area contributed by atoms with E-state index in [-0.39, 0.29) is 18.1 Å². The molecule has 1 unspecified atom stereocenters. The van der Waals surface area contributed by atoms with Crippen molar-refractivity contribution < 1.29 is 18.0 Å². The van der Waals surface area contributed by atoms with Gasteiger partial charge in [0.05, 0.1) is 11.5 Å². The van der Waals surface area contributed by atoms with Gasteiger partial charge in [0.1, 0.15) is 0 Å². The zero-order valence-corrected chi connectivity index (χ0v) is 16.4. The van der Waals surface area contributed by atoms with Crippen LogP contribution >= 0.6 is 0 Å². The first-order chi connectivity index (χ1) is 13.3. The van der Waals surface area contributed by atoms with Gasteiger partial charge in [0, 0.05) is 29.6 Å². The second-order valence-electron chi connectivity index (χ2n) is 6.72. The highest BCUT2D eigenvalue weighted by molar-refractivity contribution is 7.91. The third-order valence-corrected chi connectivity index (χ3v) is 6.55. The van der Waals surface area contributed by atoms with Crippen molar-refractivity contribution in [1.29, 1.82) is 0 Å². The van der Waals surface area contributed by atoms with Crippen molar-refractivity contribution in [3.05, 3.63) is 54.6 Å². The topological polar surface area (TPSA) is 101 Å². The van der Waals surface area contributed by atoms with Gasteiger partial charge in [-0.3, -0.25) is 14.5 Å². The SMILES string of the molecule is CCN(C(=O)C(=O)N(c1ccccc1)c1ccc(N)cc1)C1CCS(=O)(=O)C1. The van der Waals surface area contributed by atoms with Crippen LogP contribution in [0.25, 0.3) is 0 Å². The molecule has 0 bridgehead atoms. The summed E-state index contributed by atoms with van der Waals surface area (Å²) in [6.45, 7) is 2.00. The molecule has 1 fully saturated rings. The second-order valence-corrected chi connectivity index (χ2v) is 8.94. The fourth-order valence-electron chi connectivity index (χ4n) is 3.39. The summed E-state index contributed by atoms with van der Waals surface area (Å²) in [5, 5.41) is 0. The van der Waals surface area contributed by atoms with Crippen LogP contribution in [-0.4, -0.2) is 49.2 Å². The largest absolute Gasteiger partial charge is 0.399 e. The minimum Gasteiger partial charge on any atom is -0.399 e. The Bertz CT molecular complexity index is 959. The van der Waals surface area contributed by atoms with Gasteiger partial charge in [-0.2, -0.15) is 0 Å².